The molecule has 0 aliphatic heterocycles. The number of nitrogens with one attached hydrogen (secondary N) is 1. The summed E-state index contributed by atoms with van der Waals surface area (Å²) in [4.78, 5) is 6.26. The van der Waals surface area contributed by atoms with Crippen LogP contribution in [0.1, 0.15) is 25.3 Å². The highest BCUT2D eigenvalue weighted by molar-refractivity contribution is 5.79. The zero-order valence-electron chi connectivity index (χ0n) is 16.2. The minimum atomic E-state index is -2.89. The molecule has 152 valence electrons. The van der Waals surface area contributed by atoms with Gasteiger partial charge in [0, 0.05) is 33.8 Å². The van der Waals surface area contributed by atoms with Crippen LogP contribution in [0.4, 0.5) is 8.78 Å². The fraction of sp³-hybridized carbons (Fsp3) is 0.632. The second-order valence-electron chi connectivity index (χ2n) is 6.43. The third-order valence-electron chi connectivity index (χ3n) is 4.17. The largest absolute Gasteiger partial charge is 0.490 e. The lowest BCUT2D eigenvalue weighted by molar-refractivity contribution is -0.0514. The molecular formula is C19H29F2N3O3. The number of aliphatic imine (C=N–C) groups is 1. The van der Waals surface area contributed by atoms with E-state index in [1.165, 1.54) is 18.9 Å². The number of likely N-dealkylation sites (N-methyl/N-ethyl adjacent to an activating group) is 1. The highest BCUT2D eigenvalue weighted by Crippen LogP contribution is 2.30. The standard InChI is InChI=1S/C19H29F2N3O3/c1-4-26-17-11-15(7-8-16(17)27-18(20)21)12-23-19(22-2)24(3)9-10-25-13-14-5-6-14/h7-8,11,14,18H,4-6,9-10,12-13H2,1-3H3,(H,22,23). The molecule has 0 spiro atoms. The normalized spacial score (nSPS) is 14.4. The molecule has 0 saturated heterocycles. The van der Waals surface area contributed by atoms with Crippen molar-refractivity contribution in [2.45, 2.75) is 32.9 Å². The van der Waals surface area contributed by atoms with Gasteiger partial charge in [-0.3, -0.25) is 4.99 Å². The molecule has 1 aliphatic rings. The van der Waals surface area contributed by atoms with Crippen LogP contribution in [0.5, 0.6) is 11.5 Å². The van der Waals surface area contributed by atoms with Crippen LogP contribution in [0.25, 0.3) is 0 Å². The minimum Gasteiger partial charge on any atom is -0.490 e. The summed E-state index contributed by atoms with van der Waals surface area (Å²) >= 11 is 0. The fourth-order valence-corrected chi connectivity index (χ4v) is 2.53. The van der Waals surface area contributed by atoms with Crippen molar-refractivity contribution in [3.8, 4) is 11.5 Å². The lowest BCUT2D eigenvalue weighted by Crippen LogP contribution is -2.40. The number of rotatable bonds is 11. The number of halogens is 2. The van der Waals surface area contributed by atoms with E-state index in [2.05, 4.69) is 15.0 Å². The molecule has 1 aromatic rings. The van der Waals surface area contributed by atoms with Gasteiger partial charge in [0.2, 0.25) is 0 Å². The van der Waals surface area contributed by atoms with E-state index in [-0.39, 0.29) is 5.75 Å². The molecule has 0 radical (unpaired) electrons. The fourth-order valence-electron chi connectivity index (χ4n) is 2.53. The van der Waals surface area contributed by atoms with Gasteiger partial charge in [0.25, 0.3) is 0 Å². The molecule has 2 rings (SSSR count). The predicted molar refractivity (Wildman–Crippen MR) is 101 cm³/mol. The van der Waals surface area contributed by atoms with Gasteiger partial charge in [-0.05, 0) is 43.4 Å². The van der Waals surface area contributed by atoms with Crippen LogP contribution in [-0.4, -0.2) is 57.9 Å². The van der Waals surface area contributed by atoms with Crippen LogP contribution in [-0.2, 0) is 11.3 Å². The van der Waals surface area contributed by atoms with E-state index in [9.17, 15) is 8.78 Å². The third-order valence-corrected chi connectivity index (χ3v) is 4.17. The van der Waals surface area contributed by atoms with Crippen LogP contribution in [0.3, 0.4) is 0 Å². The predicted octanol–water partition coefficient (Wildman–Crippen LogP) is 3.12. The van der Waals surface area contributed by atoms with E-state index in [1.54, 1.807) is 26.1 Å². The van der Waals surface area contributed by atoms with Crippen molar-refractivity contribution in [1.29, 1.82) is 0 Å². The van der Waals surface area contributed by atoms with Gasteiger partial charge in [0.05, 0.1) is 13.2 Å². The first-order valence-corrected chi connectivity index (χ1v) is 9.23. The molecule has 0 aromatic heterocycles. The Bertz CT molecular complexity index is 610. The van der Waals surface area contributed by atoms with E-state index in [0.717, 1.165) is 30.6 Å². The summed E-state index contributed by atoms with van der Waals surface area (Å²) in [5, 5.41) is 3.25. The Labute approximate surface area is 159 Å². The molecular weight excluding hydrogens is 356 g/mol. The SMILES string of the molecule is CCOc1cc(CNC(=NC)N(C)CCOCC2CC2)ccc1OC(F)F. The Morgan fingerprint density at radius 2 is 2.11 bits per heavy atom. The second-order valence-corrected chi connectivity index (χ2v) is 6.43. The molecule has 8 heteroatoms. The van der Waals surface area contributed by atoms with Crippen LogP contribution in [0.2, 0.25) is 0 Å². The Kier molecular flexibility index (Phi) is 8.57. The Morgan fingerprint density at radius 1 is 1.33 bits per heavy atom. The molecule has 0 amide bonds. The van der Waals surface area contributed by atoms with Crippen LogP contribution in [0.15, 0.2) is 23.2 Å². The molecule has 0 bridgehead atoms. The first-order valence-electron chi connectivity index (χ1n) is 9.23. The molecule has 1 fully saturated rings. The van der Waals surface area contributed by atoms with E-state index in [1.807, 2.05) is 11.9 Å². The smallest absolute Gasteiger partial charge is 0.387 e. The Morgan fingerprint density at radius 3 is 2.74 bits per heavy atom. The maximum absolute atomic E-state index is 12.5. The molecule has 6 nitrogen and oxygen atoms in total. The number of alkyl halides is 2. The highest BCUT2D eigenvalue weighted by atomic mass is 19.3. The maximum atomic E-state index is 12.5. The van der Waals surface area contributed by atoms with Gasteiger partial charge in [-0.15, -0.1) is 0 Å². The maximum Gasteiger partial charge on any atom is 0.387 e. The van der Waals surface area contributed by atoms with Crippen molar-refractivity contribution in [2.24, 2.45) is 10.9 Å². The van der Waals surface area contributed by atoms with E-state index in [0.29, 0.717) is 25.5 Å². The first-order chi connectivity index (χ1) is 13.0. The lowest BCUT2D eigenvalue weighted by Gasteiger charge is -2.22. The number of hydrogen-bond acceptors (Lipinski definition) is 4. The van der Waals surface area contributed by atoms with E-state index >= 15 is 0 Å². The average molecular weight is 385 g/mol. The molecule has 1 aromatic carbocycles. The van der Waals surface area contributed by atoms with Crippen molar-refractivity contribution >= 4 is 5.96 Å². The van der Waals surface area contributed by atoms with Gasteiger partial charge < -0.3 is 24.4 Å². The topological polar surface area (TPSA) is 55.3 Å². The first kappa shape index (κ1) is 21.2. The second kappa shape index (κ2) is 10.9. The molecule has 1 N–H and O–H groups in total. The Hall–Kier alpha value is -2.09. The summed E-state index contributed by atoms with van der Waals surface area (Å²) < 4.78 is 40.5. The van der Waals surface area contributed by atoms with Crippen molar-refractivity contribution in [1.82, 2.24) is 10.2 Å². The summed E-state index contributed by atoms with van der Waals surface area (Å²) in [6.07, 6.45) is 2.56. The van der Waals surface area contributed by atoms with Crippen molar-refractivity contribution in [3.05, 3.63) is 23.8 Å². The van der Waals surface area contributed by atoms with Gasteiger partial charge in [0.15, 0.2) is 17.5 Å². The summed E-state index contributed by atoms with van der Waals surface area (Å²) in [5.74, 6) is 1.82. The van der Waals surface area contributed by atoms with Crippen molar-refractivity contribution < 1.29 is 23.0 Å². The number of nitrogens with zero attached hydrogens (tertiary/aromatic N) is 2. The summed E-state index contributed by atoms with van der Waals surface area (Å²) in [5.41, 5.74) is 0.875. The van der Waals surface area contributed by atoms with Crippen LogP contribution in [0, 0.1) is 5.92 Å². The zero-order valence-corrected chi connectivity index (χ0v) is 16.2. The van der Waals surface area contributed by atoms with E-state index < -0.39 is 6.61 Å². The van der Waals surface area contributed by atoms with Gasteiger partial charge >= 0.3 is 6.61 Å². The molecule has 1 aliphatic carbocycles. The van der Waals surface area contributed by atoms with Gasteiger partial charge in [-0.2, -0.15) is 8.78 Å². The number of guanidine groups is 1. The molecule has 1 saturated carbocycles. The molecule has 0 atom stereocenters. The van der Waals surface area contributed by atoms with E-state index in [4.69, 9.17) is 9.47 Å². The van der Waals surface area contributed by atoms with Crippen molar-refractivity contribution in [3.63, 3.8) is 0 Å². The summed E-state index contributed by atoms with van der Waals surface area (Å²) in [6.45, 7) is 1.98. The molecule has 27 heavy (non-hydrogen) atoms. The monoisotopic (exact) mass is 385 g/mol. The molecule has 0 unspecified atom stereocenters. The van der Waals surface area contributed by atoms with Crippen molar-refractivity contribution in [2.75, 3.05) is 40.5 Å². The number of benzene rings is 1. The minimum absolute atomic E-state index is 0.0323. The van der Waals surface area contributed by atoms with Gasteiger partial charge in [0.1, 0.15) is 0 Å². The molecule has 0 heterocycles. The third kappa shape index (κ3) is 7.58. The highest BCUT2D eigenvalue weighted by Gasteiger charge is 2.21. The summed E-state index contributed by atoms with van der Waals surface area (Å²) in [7, 11) is 3.66. The zero-order chi connectivity index (χ0) is 19.6. The summed E-state index contributed by atoms with van der Waals surface area (Å²) in [6, 6.07) is 4.91. The quantitative estimate of drug-likeness (QED) is 0.360. The Balaban J connectivity index is 1.85. The van der Waals surface area contributed by atoms with Crippen LogP contribution < -0.4 is 14.8 Å². The van der Waals surface area contributed by atoms with Crippen LogP contribution >= 0.6 is 0 Å². The lowest BCUT2D eigenvalue weighted by atomic mass is 10.2. The average Bonchev–Trinajstić information content (AvgIpc) is 3.45. The number of ether oxygens (including phenoxy) is 3. The van der Waals surface area contributed by atoms with Gasteiger partial charge in [-0.25, -0.2) is 0 Å². The number of hydrogen-bond donors (Lipinski definition) is 1. The van der Waals surface area contributed by atoms with Gasteiger partial charge in [-0.1, -0.05) is 6.07 Å².